The van der Waals surface area contributed by atoms with Crippen LogP contribution in [0.5, 0.6) is 5.75 Å². The minimum Gasteiger partial charge on any atom is -0.492 e. The number of likely N-dealkylation sites (tertiary alicyclic amines) is 1. The van der Waals surface area contributed by atoms with Gasteiger partial charge in [-0.25, -0.2) is 0 Å². The molecule has 146 valence electrons. The summed E-state index contributed by atoms with van der Waals surface area (Å²) < 4.78 is 11.3. The van der Waals surface area contributed by atoms with Gasteiger partial charge in [0, 0.05) is 19.3 Å². The molecule has 1 aromatic rings. The molecule has 1 saturated heterocycles. The molecule has 0 unspecified atom stereocenters. The van der Waals surface area contributed by atoms with Crippen LogP contribution in [-0.4, -0.2) is 49.8 Å². The zero-order valence-corrected chi connectivity index (χ0v) is 16.6. The molecule has 1 aliphatic rings. The second kappa shape index (κ2) is 10.5. The molecular formula is C21H34N2O3. The number of carbonyl (C=O) groups is 1. The Hall–Kier alpha value is -1.59. The average molecular weight is 363 g/mol. The van der Waals surface area contributed by atoms with Crippen LogP contribution in [0.25, 0.3) is 0 Å². The lowest BCUT2D eigenvalue weighted by Crippen LogP contribution is -2.41. The molecule has 1 heterocycles. The molecule has 0 bridgehead atoms. The summed E-state index contributed by atoms with van der Waals surface area (Å²) >= 11 is 0. The number of methoxy groups -OCH3 is 1. The molecule has 0 aromatic heterocycles. The van der Waals surface area contributed by atoms with Crippen LogP contribution in [0.1, 0.15) is 52.4 Å². The van der Waals surface area contributed by atoms with Crippen LogP contribution in [0.4, 0.5) is 5.69 Å². The third kappa shape index (κ3) is 6.29. The third-order valence-corrected chi connectivity index (χ3v) is 5.18. The largest absolute Gasteiger partial charge is 0.492 e. The Bertz CT molecular complexity index is 541. The van der Waals surface area contributed by atoms with Gasteiger partial charge in [-0.1, -0.05) is 26.2 Å². The van der Waals surface area contributed by atoms with Crippen LogP contribution in [0.3, 0.4) is 0 Å². The second-order valence-electron chi connectivity index (χ2n) is 7.27. The van der Waals surface area contributed by atoms with Crippen molar-refractivity contribution in [2.45, 2.75) is 58.0 Å². The van der Waals surface area contributed by atoms with Crippen molar-refractivity contribution < 1.29 is 14.3 Å². The normalized spacial score (nSPS) is 17.0. The molecule has 1 fully saturated rings. The highest BCUT2D eigenvalue weighted by atomic mass is 16.5. The Morgan fingerprint density at radius 3 is 2.50 bits per heavy atom. The van der Waals surface area contributed by atoms with Crippen LogP contribution in [-0.2, 0) is 9.53 Å². The average Bonchev–Trinajstić information content (AvgIpc) is 3.16. The fourth-order valence-electron chi connectivity index (χ4n) is 3.22. The summed E-state index contributed by atoms with van der Waals surface area (Å²) in [7, 11) is 1.60. The summed E-state index contributed by atoms with van der Waals surface area (Å²) in [6.07, 6.45) is 6.54. The zero-order valence-electron chi connectivity index (χ0n) is 16.6. The minimum absolute atomic E-state index is 0.0983. The van der Waals surface area contributed by atoms with Gasteiger partial charge in [0.25, 0.3) is 5.91 Å². The first-order valence-electron chi connectivity index (χ1n) is 9.89. The van der Waals surface area contributed by atoms with Crippen LogP contribution in [0.2, 0.25) is 0 Å². The number of carbonyl (C=O) groups excluding carboxylic acids is 1. The molecule has 1 aromatic carbocycles. The van der Waals surface area contributed by atoms with Crippen molar-refractivity contribution in [1.82, 2.24) is 4.90 Å². The van der Waals surface area contributed by atoms with Gasteiger partial charge in [-0.3, -0.25) is 9.69 Å². The van der Waals surface area contributed by atoms with E-state index in [4.69, 9.17) is 9.47 Å². The number of nitrogens with zero attached hydrogens (tertiary/aromatic N) is 1. The maximum atomic E-state index is 12.6. The van der Waals surface area contributed by atoms with E-state index >= 15 is 0 Å². The minimum atomic E-state index is -0.792. The molecule has 2 rings (SSSR count). The van der Waals surface area contributed by atoms with Gasteiger partial charge in [-0.05, 0) is 63.5 Å². The molecule has 0 saturated carbocycles. The molecule has 5 heteroatoms. The molecule has 0 radical (unpaired) electrons. The van der Waals surface area contributed by atoms with Gasteiger partial charge in [0.15, 0.2) is 0 Å². The smallest absolute Gasteiger partial charge is 0.256 e. The maximum Gasteiger partial charge on any atom is 0.256 e. The fourth-order valence-corrected chi connectivity index (χ4v) is 3.22. The topological polar surface area (TPSA) is 50.8 Å². The molecule has 0 spiro atoms. The van der Waals surface area contributed by atoms with Gasteiger partial charge in [-0.15, -0.1) is 0 Å². The predicted molar refractivity (Wildman–Crippen MR) is 106 cm³/mol. The zero-order chi connectivity index (χ0) is 18.8. The number of amides is 1. The van der Waals surface area contributed by atoms with Crippen LogP contribution < -0.4 is 10.1 Å². The van der Waals surface area contributed by atoms with E-state index in [2.05, 4.69) is 17.1 Å². The van der Waals surface area contributed by atoms with E-state index in [1.54, 1.807) is 7.11 Å². The Morgan fingerprint density at radius 2 is 1.88 bits per heavy atom. The van der Waals surface area contributed by atoms with Crippen LogP contribution in [0, 0.1) is 0 Å². The summed E-state index contributed by atoms with van der Waals surface area (Å²) in [4.78, 5) is 15.0. The fraction of sp³-hybridized carbons (Fsp3) is 0.667. The maximum absolute atomic E-state index is 12.6. The highest BCUT2D eigenvalue weighted by Gasteiger charge is 2.32. The summed E-state index contributed by atoms with van der Waals surface area (Å²) in [5.74, 6) is 0.735. The van der Waals surface area contributed by atoms with E-state index in [1.807, 2.05) is 31.2 Å². The highest BCUT2D eigenvalue weighted by molar-refractivity contribution is 5.97. The van der Waals surface area contributed by atoms with Gasteiger partial charge in [-0.2, -0.15) is 0 Å². The van der Waals surface area contributed by atoms with Gasteiger partial charge < -0.3 is 14.8 Å². The van der Waals surface area contributed by atoms with Gasteiger partial charge >= 0.3 is 0 Å². The first kappa shape index (κ1) is 20.7. The van der Waals surface area contributed by atoms with Crippen molar-refractivity contribution in [1.29, 1.82) is 0 Å². The van der Waals surface area contributed by atoms with Crippen molar-refractivity contribution in [2.24, 2.45) is 0 Å². The van der Waals surface area contributed by atoms with Crippen molar-refractivity contribution >= 4 is 11.6 Å². The molecule has 1 aliphatic heterocycles. The van der Waals surface area contributed by atoms with Gasteiger partial charge in [0.05, 0.1) is 0 Å². The van der Waals surface area contributed by atoms with E-state index < -0.39 is 5.60 Å². The molecule has 5 nitrogen and oxygen atoms in total. The van der Waals surface area contributed by atoms with E-state index in [1.165, 1.54) is 25.9 Å². The molecular weight excluding hydrogens is 328 g/mol. The lowest BCUT2D eigenvalue weighted by atomic mass is 9.97. The standard InChI is InChI=1S/C21H34N2O3/c1-4-5-6-13-21(2,25-3)20(24)22-18-9-11-19(12-10-18)26-17-16-23-14-7-8-15-23/h9-12H,4-8,13-17H2,1-3H3,(H,22,24)/t21-/m0/s1. The van der Waals surface area contributed by atoms with Crippen LogP contribution >= 0.6 is 0 Å². The summed E-state index contributed by atoms with van der Waals surface area (Å²) in [6.45, 7) is 8.05. The Morgan fingerprint density at radius 1 is 1.19 bits per heavy atom. The number of nitrogens with one attached hydrogen (secondary N) is 1. The Labute approximate surface area is 158 Å². The molecule has 0 aliphatic carbocycles. The predicted octanol–water partition coefficient (Wildman–Crippen LogP) is 4.09. The summed E-state index contributed by atoms with van der Waals surface area (Å²) in [5, 5.41) is 2.96. The molecule has 26 heavy (non-hydrogen) atoms. The second-order valence-corrected chi connectivity index (χ2v) is 7.27. The number of ether oxygens (including phenoxy) is 2. The lowest BCUT2D eigenvalue weighted by molar-refractivity contribution is -0.136. The number of benzene rings is 1. The van der Waals surface area contributed by atoms with E-state index in [9.17, 15) is 4.79 Å². The quantitative estimate of drug-likeness (QED) is 0.603. The lowest BCUT2D eigenvalue weighted by Gasteiger charge is -2.27. The summed E-state index contributed by atoms with van der Waals surface area (Å²) in [5.41, 5.74) is -0.0271. The SMILES string of the molecule is CCCCC[C@](C)(OC)C(=O)Nc1ccc(OCCN2CCCC2)cc1. The van der Waals surface area contributed by atoms with Gasteiger partial charge in [0.2, 0.25) is 0 Å². The highest BCUT2D eigenvalue weighted by Crippen LogP contribution is 2.22. The molecule has 1 atom stereocenters. The Kier molecular flexibility index (Phi) is 8.39. The van der Waals surface area contributed by atoms with Crippen molar-refractivity contribution in [3.8, 4) is 5.75 Å². The number of hydrogen-bond acceptors (Lipinski definition) is 4. The van der Waals surface area contributed by atoms with E-state index in [-0.39, 0.29) is 5.91 Å². The van der Waals surface area contributed by atoms with E-state index in [0.717, 1.165) is 43.7 Å². The first-order chi connectivity index (χ1) is 12.6. The van der Waals surface area contributed by atoms with Crippen molar-refractivity contribution in [2.75, 3.05) is 38.7 Å². The monoisotopic (exact) mass is 362 g/mol. The van der Waals surface area contributed by atoms with E-state index in [0.29, 0.717) is 6.61 Å². The molecule has 1 N–H and O–H groups in total. The number of rotatable bonds is 11. The Balaban J connectivity index is 1.80. The van der Waals surface area contributed by atoms with Crippen molar-refractivity contribution in [3.05, 3.63) is 24.3 Å². The number of anilines is 1. The summed E-state index contributed by atoms with van der Waals surface area (Å²) in [6, 6.07) is 7.57. The van der Waals surface area contributed by atoms with Gasteiger partial charge in [0.1, 0.15) is 18.0 Å². The third-order valence-electron chi connectivity index (χ3n) is 5.18. The molecule has 1 amide bonds. The first-order valence-corrected chi connectivity index (χ1v) is 9.89. The van der Waals surface area contributed by atoms with Crippen molar-refractivity contribution in [3.63, 3.8) is 0 Å². The number of unbranched alkanes of at least 4 members (excludes halogenated alkanes) is 2. The van der Waals surface area contributed by atoms with Crippen LogP contribution in [0.15, 0.2) is 24.3 Å². The number of hydrogen-bond donors (Lipinski definition) is 1.